The topological polar surface area (TPSA) is 15.3 Å². The quantitative estimate of drug-likeness (QED) is 0.151. The van der Waals surface area contributed by atoms with E-state index < -0.39 is 12.1 Å². The molecule has 2 aliphatic carbocycles. The average Bonchev–Trinajstić information content (AvgIpc) is 4.42. The predicted molar refractivity (Wildman–Crippen MR) is 297 cm³/mol. The van der Waals surface area contributed by atoms with E-state index in [1.807, 2.05) is 58.3 Å². The monoisotopic (exact) mass is 912 g/mol. The van der Waals surface area contributed by atoms with Crippen molar-refractivity contribution in [2.75, 3.05) is 9.80 Å². The number of anilines is 6. The summed E-state index contributed by atoms with van der Waals surface area (Å²) in [6, 6.07) is 42.8. The van der Waals surface area contributed by atoms with Crippen LogP contribution in [0.2, 0.25) is 0 Å². The summed E-state index contributed by atoms with van der Waals surface area (Å²) in [5, 5.41) is 7.93. The SMILES string of the molecule is [2H]c1c([2H])c([2H])c(N(c2ccc(C3CCCCC3)cc2)c2cccc3c2c2cccc4c5cc6c(cc5n3c42)c2cccc3c4c(N(c5ccc(C7CCCCC7)cc5)c5c([2H])c([2H])c([2H])c([2H])c5[2H])cccc4n6c23)c([2H])c1[2H]. The van der Waals surface area contributed by atoms with Gasteiger partial charge in [-0.3, -0.25) is 0 Å². The molecular weight excluding hydrogens is 849 g/mol. The Hall–Kier alpha value is -7.82. The third kappa shape index (κ3) is 5.95. The number of nitrogens with zero attached hydrogens (tertiary/aromatic N) is 4. The summed E-state index contributed by atoms with van der Waals surface area (Å²) < 4.78 is 94.3. The van der Waals surface area contributed by atoms with Gasteiger partial charge in [-0.2, -0.15) is 0 Å². The van der Waals surface area contributed by atoms with Crippen LogP contribution >= 0.6 is 0 Å². The van der Waals surface area contributed by atoms with Gasteiger partial charge in [-0.1, -0.05) is 148 Å². The Morgan fingerprint density at radius 1 is 0.357 bits per heavy atom. The molecule has 2 saturated carbocycles. The fourth-order valence-electron chi connectivity index (χ4n) is 13.0. The van der Waals surface area contributed by atoms with E-state index >= 15 is 0 Å². The molecule has 13 aromatic rings. The molecule has 0 saturated heterocycles. The van der Waals surface area contributed by atoms with Gasteiger partial charge in [0, 0.05) is 65.8 Å². The van der Waals surface area contributed by atoms with Crippen LogP contribution in [0.3, 0.4) is 0 Å². The molecule has 0 N–H and O–H groups in total. The number of para-hydroxylation sites is 4. The van der Waals surface area contributed by atoms with Crippen molar-refractivity contribution in [3.63, 3.8) is 0 Å². The Morgan fingerprint density at radius 2 is 0.743 bits per heavy atom. The first kappa shape index (κ1) is 31.3. The van der Waals surface area contributed by atoms with E-state index in [1.165, 1.54) is 49.7 Å². The van der Waals surface area contributed by atoms with Crippen molar-refractivity contribution < 1.29 is 13.7 Å². The average molecular weight is 913 g/mol. The lowest BCUT2D eigenvalue weighted by atomic mass is 9.84. The molecule has 4 heteroatoms. The summed E-state index contributed by atoms with van der Waals surface area (Å²) in [5.74, 6) is 0.931. The zero-order valence-electron chi connectivity index (χ0n) is 48.7. The van der Waals surface area contributed by atoms with E-state index in [4.69, 9.17) is 8.22 Å². The van der Waals surface area contributed by atoms with Gasteiger partial charge in [0.05, 0.1) is 58.2 Å². The summed E-state index contributed by atoms with van der Waals surface area (Å²) >= 11 is 0. The predicted octanol–water partition coefficient (Wildman–Crippen LogP) is 19.0. The summed E-state index contributed by atoms with van der Waals surface area (Å²) in [6.07, 6.45) is 11.9. The lowest BCUT2D eigenvalue weighted by molar-refractivity contribution is 0.443. The summed E-state index contributed by atoms with van der Waals surface area (Å²) in [4.78, 5) is 3.74. The molecule has 4 aromatic heterocycles. The molecule has 15 rings (SSSR count). The Kier molecular flexibility index (Phi) is 7.10. The van der Waals surface area contributed by atoms with Crippen molar-refractivity contribution in [3.8, 4) is 0 Å². The van der Waals surface area contributed by atoms with Crippen LogP contribution in [0, 0.1) is 0 Å². The smallest absolute Gasteiger partial charge is 0.0645 e. The molecule has 70 heavy (non-hydrogen) atoms. The molecule has 0 atom stereocenters. The Labute approximate surface area is 422 Å². The summed E-state index contributed by atoms with van der Waals surface area (Å²) in [6.45, 7) is 0. The molecule has 2 aliphatic rings. The minimum atomic E-state index is -0.435. The molecule has 4 heterocycles. The number of hydrogen-bond acceptors (Lipinski definition) is 2. The normalized spacial score (nSPS) is 17.3. The van der Waals surface area contributed by atoms with E-state index in [1.54, 1.807) is 0 Å². The molecule has 0 spiro atoms. The molecule has 0 unspecified atom stereocenters. The van der Waals surface area contributed by atoms with Gasteiger partial charge in [0.1, 0.15) is 0 Å². The fourth-order valence-corrected chi connectivity index (χ4v) is 13.0. The van der Waals surface area contributed by atoms with Crippen LogP contribution in [0.15, 0.2) is 194 Å². The van der Waals surface area contributed by atoms with Crippen LogP contribution in [0.5, 0.6) is 0 Å². The van der Waals surface area contributed by atoms with Crippen LogP contribution < -0.4 is 9.80 Å². The number of rotatable bonds is 8. The molecule has 4 nitrogen and oxygen atoms in total. The highest BCUT2D eigenvalue weighted by atomic mass is 15.2. The van der Waals surface area contributed by atoms with E-state index in [9.17, 15) is 5.48 Å². The van der Waals surface area contributed by atoms with E-state index in [0.717, 1.165) is 102 Å². The van der Waals surface area contributed by atoms with Crippen LogP contribution in [0.25, 0.3) is 76.2 Å². The van der Waals surface area contributed by atoms with Crippen molar-refractivity contribution in [2.45, 2.75) is 76.0 Å². The largest absolute Gasteiger partial charge is 0.310 e. The van der Waals surface area contributed by atoms with E-state index in [0.29, 0.717) is 34.6 Å². The number of hydrogen-bond donors (Lipinski definition) is 0. The standard InChI is InChI=1S/C66H54N4/c1-5-17-43(18-6-1)45-33-37-49(38-34-45)67(47-21-9-3-10-22-47)57-29-15-31-59-63(57)53-27-13-25-51-55-42-62-56(41-61(55)69(59)65(51)53)52-26-14-28-54-64-58(30-16-32-60(64)70(62)66(52)54)68(48-23-11-4-12-24-48)50-39-35-46(36-40-50)44-19-7-2-8-20-44/h3-4,9-16,21-44H,1-2,5-8,17-20H2/i3D,4D,9D,10D,11D,12D,21D,22D,23D,24D. The minimum Gasteiger partial charge on any atom is -0.310 e. The van der Waals surface area contributed by atoms with Gasteiger partial charge in [-0.25, -0.2) is 0 Å². The van der Waals surface area contributed by atoms with Gasteiger partial charge in [0.15, 0.2) is 0 Å². The van der Waals surface area contributed by atoms with Crippen LogP contribution in [0.4, 0.5) is 34.1 Å². The van der Waals surface area contributed by atoms with Gasteiger partial charge in [-0.05, 0) is 133 Å². The summed E-state index contributed by atoms with van der Waals surface area (Å²) in [7, 11) is 0. The molecule has 0 radical (unpaired) electrons. The summed E-state index contributed by atoms with van der Waals surface area (Å²) in [5.41, 5.74) is 11.4. The molecule has 0 aliphatic heterocycles. The zero-order chi connectivity index (χ0) is 54.6. The maximum Gasteiger partial charge on any atom is 0.0645 e. The third-order valence-corrected chi connectivity index (χ3v) is 16.1. The second kappa shape index (κ2) is 15.9. The maximum atomic E-state index is 9.33. The third-order valence-electron chi connectivity index (χ3n) is 16.1. The fraction of sp³-hybridized carbons (Fsp3) is 0.182. The number of fused-ring (bicyclic) bond motifs is 12. The molecule has 9 aromatic carbocycles. The van der Waals surface area contributed by atoms with Gasteiger partial charge in [0.25, 0.3) is 0 Å². The molecule has 2 fully saturated rings. The minimum absolute atomic E-state index is 0.0932. The zero-order valence-corrected chi connectivity index (χ0v) is 38.7. The van der Waals surface area contributed by atoms with Crippen LogP contribution in [0.1, 0.15) is 101 Å². The Balaban J connectivity index is 0.953. The lowest BCUT2D eigenvalue weighted by Crippen LogP contribution is -2.11. The van der Waals surface area contributed by atoms with Crippen molar-refractivity contribution in [1.29, 1.82) is 0 Å². The van der Waals surface area contributed by atoms with E-state index in [2.05, 4.69) is 93.7 Å². The van der Waals surface area contributed by atoms with Crippen molar-refractivity contribution in [3.05, 3.63) is 205 Å². The van der Waals surface area contributed by atoms with E-state index in [-0.39, 0.29) is 59.7 Å². The molecule has 0 amide bonds. The second-order valence-electron chi connectivity index (χ2n) is 19.8. The molecule has 0 bridgehead atoms. The first-order valence-corrected chi connectivity index (χ1v) is 25.2. The highest BCUT2D eigenvalue weighted by Gasteiger charge is 2.27. The molecule has 338 valence electrons. The maximum absolute atomic E-state index is 9.33. The van der Waals surface area contributed by atoms with Crippen LogP contribution in [-0.4, -0.2) is 8.80 Å². The first-order valence-electron chi connectivity index (χ1n) is 30.2. The van der Waals surface area contributed by atoms with Gasteiger partial charge in [0.2, 0.25) is 0 Å². The number of benzene rings is 9. The lowest BCUT2D eigenvalue weighted by Gasteiger charge is -2.27. The van der Waals surface area contributed by atoms with Crippen molar-refractivity contribution >= 4 is 110 Å². The van der Waals surface area contributed by atoms with Crippen molar-refractivity contribution in [1.82, 2.24) is 8.80 Å². The Morgan fingerprint density at radius 3 is 1.16 bits per heavy atom. The van der Waals surface area contributed by atoms with Gasteiger partial charge in [-0.15, -0.1) is 0 Å². The highest BCUT2D eigenvalue weighted by molar-refractivity contribution is 6.31. The van der Waals surface area contributed by atoms with Crippen LogP contribution in [-0.2, 0) is 0 Å². The highest BCUT2D eigenvalue weighted by Crippen LogP contribution is 2.50. The molecular formula is C66H54N4. The first-order chi connectivity index (χ1) is 38.9. The second-order valence-corrected chi connectivity index (χ2v) is 19.8. The van der Waals surface area contributed by atoms with Crippen molar-refractivity contribution in [2.24, 2.45) is 0 Å². The Bertz CT molecular complexity index is 4330. The number of aromatic nitrogens is 2. The van der Waals surface area contributed by atoms with Gasteiger partial charge >= 0.3 is 0 Å². The van der Waals surface area contributed by atoms with Gasteiger partial charge < -0.3 is 18.6 Å².